The van der Waals surface area contributed by atoms with Gasteiger partial charge in [0, 0.05) is 45.1 Å². The van der Waals surface area contributed by atoms with Gasteiger partial charge in [-0.2, -0.15) is 18.4 Å². The highest BCUT2D eigenvalue weighted by atomic mass is 19.4. The van der Waals surface area contributed by atoms with Crippen LogP contribution in [0.4, 0.5) is 18.9 Å². The molecule has 0 bridgehead atoms. The van der Waals surface area contributed by atoms with Gasteiger partial charge in [0.25, 0.3) is 5.91 Å². The SMILES string of the molecule is CNC(=O)[C@@H]1CN(c2ccc(C#N)c(C(F)(F)F)c2)C[C@H]1C1CCN(C(=O)c2ccccn2)CC1. The fourth-order valence-electron chi connectivity index (χ4n) is 5.22. The number of aromatic nitrogens is 1. The van der Waals surface area contributed by atoms with Crippen molar-refractivity contribution in [3.63, 3.8) is 0 Å². The predicted molar refractivity (Wildman–Crippen MR) is 122 cm³/mol. The number of piperidine rings is 1. The Morgan fingerprint density at radius 2 is 1.89 bits per heavy atom. The number of carbonyl (C=O) groups excluding carboxylic acids is 2. The third-order valence-corrected chi connectivity index (χ3v) is 7.06. The van der Waals surface area contributed by atoms with Crippen LogP contribution in [0.1, 0.15) is 34.5 Å². The molecule has 10 heteroatoms. The van der Waals surface area contributed by atoms with Gasteiger partial charge in [-0.25, -0.2) is 0 Å². The molecule has 2 saturated heterocycles. The number of nitrogens with zero attached hydrogens (tertiary/aromatic N) is 4. The van der Waals surface area contributed by atoms with Crippen LogP contribution in [0.3, 0.4) is 0 Å². The average molecular weight is 486 g/mol. The number of anilines is 1. The molecule has 35 heavy (non-hydrogen) atoms. The highest BCUT2D eigenvalue weighted by molar-refractivity contribution is 5.92. The van der Waals surface area contributed by atoms with E-state index in [1.165, 1.54) is 12.1 Å². The lowest BCUT2D eigenvalue weighted by Crippen LogP contribution is -2.43. The first-order valence-electron chi connectivity index (χ1n) is 11.5. The molecular weight excluding hydrogens is 459 g/mol. The van der Waals surface area contributed by atoms with Crippen LogP contribution in [0.5, 0.6) is 0 Å². The zero-order valence-corrected chi connectivity index (χ0v) is 19.3. The number of carbonyl (C=O) groups is 2. The van der Waals surface area contributed by atoms with E-state index in [1.54, 1.807) is 47.3 Å². The van der Waals surface area contributed by atoms with Crippen molar-refractivity contribution in [2.24, 2.45) is 17.8 Å². The Hall–Kier alpha value is -3.61. The lowest BCUT2D eigenvalue weighted by Gasteiger charge is -2.36. The van der Waals surface area contributed by atoms with E-state index in [2.05, 4.69) is 10.3 Å². The number of benzene rings is 1. The van der Waals surface area contributed by atoms with Crippen LogP contribution >= 0.6 is 0 Å². The largest absolute Gasteiger partial charge is 0.417 e. The fraction of sp³-hybridized carbons (Fsp3) is 0.440. The molecule has 1 N–H and O–H groups in total. The third kappa shape index (κ3) is 5.09. The monoisotopic (exact) mass is 485 g/mol. The molecule has 0 spiro atoms. The molecule has 3 heterocycles. The van der Waals surface area contributed by atoms with Gasteiger partial charge in [-0.15, -0.1) is 0 Å². The summed E-state index contributed by atoms with van der Waals surface area (Å²) in [5, 5.41) is 11.8. The van der Waals surface area contributed by atoms with Crippen LogP contribution in [0, 0.1) is 29.1 Å². The summed E-state index contributed by atoms with van der Waals surface area (Å²) < 4.78 is 40.5. The summed E-state index contributed by atoms with van der Waals surface area (Å²) in [6, 6.07) is 10.5. The molecule has 2 aliphatic rings. The molecule has 2 aliphatic heterocycles. The van der Waals surface area contributed by atoms with Crippen molar-refractivity contribution in [1.29, 1.82) is 5.26 Å². The first-order chi connectivity index (χ1) is 16.7. The number of halogens is 3. The number of hydrogen-bond acceptors (Lipinski definition) is 5. The minimum absolute atomic E-state index is 0.0629. The third-order valence-electron chi connectivity index (χ3n) is 7.06. The van der Waals surface area contributed by atoms with E-state index in [-0.39, 0.29) is 29.6 Å². The van der Waals surface area contributed by atoms with E-state index in [0.29, 0.717) is 50.4 Å². The molecule has 2 amide bonds. The predicted octanol–water partition coefficient (Wildman–Crippen LogP) is 3.32. The van der Waals surface area contributed by atoms with E-state index in [4.69, 9.17) is 5.26 Å². The zero-order chi connectivity index (χ0) is 25.2. The summed E-state index contributed by atoms with van der Waals surface area (Å²) in [6.45, 7) is 1.79. The first kappa shape index (κ1) is 24.5. The first-order valence-corrected chi connectivity index (χ1v) is 11.5. The highest BCUT2D eigenvalue weighted by Crippen LogP contribution is 2.40. The van der Waals surface area contributed by atoms with Crippen LogP contribution in [0.25, 0.3) is 0 Å². The Balaban J connectivity index is 1.50. The minimum Gasteiger partial charge on any atom is -0.370 e. The van der Waals surface area contributed by atoms with Crippen LogP contribution < -0.4 is 10.2 Å². The normalized spacial score (nSPS) is 21.0. The molecule has 184 valence electrons. The van der Waals surface area contributed by atoms with Crippen LogP contribution in [-0.2, 0) is 11.0 Å². The molecule has 0 saturated carbocycles. The molecule has 4 rings (SSSR count). The molecule has 0 aliphatic carbocycles. The number of hydrogen-bond donors (Lipinski definition) is 1. The van der Waals surface area contributed by atoms with E-state index < -0.39 is 17.3 Å². The molecule has 7 nitrogen and oxygen atoms in total. The van der Waals surface area contributed by atoms with Crippen molar-refractivity contribution in [2.75, 3.05) is 38.1 Å². The van der Waals surface area contributed by atoms with Crippen molar-refractivity contribution in [3.05, 3.63) is 59.4 Å². The second-order valence-corrected chi connectivity index (χ2v) is 8.97. The van der Waals surface area contributed by atoms with Gasteiger partial charge < -0.3 is 15.1 Å². The maximum atomic E-state index is 13.5. The standard InChI is InChI=1S/C25H26F3N5O2/c1-30-23(34)20-15-33(18-6-5-17(13-29)21(12-18)25(26,27)28)14-19(20)16-7-10-32(11-8-16)24(35)22-4-2-3-9-31-22/h2-6,9,12,16,19-20H,7-8,10-11,14-15H2,1H3,(H,30,34)/t19-,20+/m0/s1. The van der Waals surface area contributed by atoms with Gasteiger partial charge in [-0.3, -0.25) is 14.6 Å². The van der Waals surface area contributed by atoms with Gasteiger partial charge in [0.2, 0.25) is 5.91 Å². The van der Waals surface area contributed by atoms with Crippen LogP contribution in [0.15, 0.2) is 42.6 Å². The van der Waals surface area contributed by atoms with Gasteiger partial charge in [0.15, 0.2) is 0 Å². The quantitative estimate of drug-likeness (QED) is 0.718. The number of pyridine rings is 1. The summed E-state index contributed by atoms with van der Waals surface area (Å²) in [6.07, 6.45) is -1.67. The van der Waals surface area contributed by atoms with Crippen molar-refractivity contribution < 1.29 is 22.8 Å². The number of alkyl halides is 3. The average Bonchev–Trinajstić information content (AvgIpc) is 3.33. The van der Waals surface area contributed by atoms with Gasteiger partial charge >= 0.3 is 6.18 Å². The Labute approximate surface area is 201 Å². The Bertz CT molecular complexity index is 1120. The van der Waals surface area contributed by atoms with Crippen molar-refractivity contribution in [3.8, 4) is 6.07 Å². The molecule has 0 unspecified atom stereocenters. The van der Waals surface area contributed by atoms with Gasteiger partial charge in [0.05, 0.1) is 23.1 Å². The summed E-state index contributed by atoms with van der Waals surface area (Å²) in [5.74, 6) is -0.568. The number of nitriles is 1. The number of nitrogens with one attached hydrogen (secondary N) is 1. The summed E-state index contributed by atoms with van der Waals surface area (Å²) >= 11 is 0. The lowest BCUT2D eigenvalue weighted by molar-refractivity contribution is -0.137. The summed E-state index contributed by atoms with van der Waals surface area (Å²) in [7, 11) is 1.56. The van der Waals surface area contributed by atoms with Crippen LogP contribution in [-0.4, -0.2) is 54.9 Å². The Morgan fingerprint density at radius 3 is 2.49 bits per heavy atom. The van der Waals surface area contributed by atoms with Crippen LogP contribution in [0.2, 0.25) is 0 Å². The molecule has 1 aromatic heterocycles. The maximum absolute atomic E-state index is 13.5. The number of rotatable bonds is 4. The number of amides is 2. The van der Waals surface area contributed by atoms with Crippen molar-refractivity contribution in [2.45, 2.75) is 19.0 Å². The lowest BCUT2D eigenvalue weighted by atomic mass is 9.78. The second-order valence-electron chi connectivity index (χ2n) is 8.97. The molecule has 2 atom stereocenters. The van der Waals surface area contributed by atoms with Crippen molar-refractivity contribution >= 4 is 17.5 Å². The Kier molecular flexibility index (Phi) is 6.96. The summed E-state index contributed by atoms with van der Waals surface area (Å²) in [4.78, 5) is 33.1. The van der Waals surface area contributed by atoms with Gasteiger partial charge in [0.1, 0.15) is 5.69 Å². The molecule has 2 aromatic rings. The van der Waals surface area contributed by atoms with Gasteiger partial charge in [-0.1, -0.05) is 6.07 Å². The van der Waals surface area contributed by atoms with E-state index in [1.807, 2.05) is 0 Å². The highest BCUT2D eigenvalue weighted by Gasteiger charge is 2.43. The molecule has 1 aromatic carbocycles. The topological polar surface area (TPSA) is 89.3 Å². The molecule has 2 fully saturated rings. The Morgan fingerprint density at radius 1 is 1.14 bits per heavy atom. The van der Waals surface area contributed by atoms with Crippen molar-refractivity contribution in [1.82, 2.24) is 15.2 Å². The summed E-state index contributed by atoms with van der Waals surface area (Å²) in [5.41, 5.74) is -0.665. The van der Waals surface area contributed by atoms with Gasteiger partial charge in [-0.05, 0) is 55.0 Å². The molecule has 0 radical (unpaired) electrons. The maximum Gasteiger partial charge on any atom is 0.417 e. The zero-order valence-electron chi connectivity index (χ0n) is 19.3. The minimum atomic E-state index is -4.65. The van der Waals surface area contributed by atoms with E-state index in [0.717, 1.165) is 6.07 Å². The van der Waals surface area contributed by atoms with E-state index in [9.17, 15) is 22.8 Å². The smallest absolute Gasteiger partial charge is 0.370 e. The second kappa shape index (κ2) is 9.94. The number of likely N-dealkylation sites (tertiary alicyclic amines) is 1. The van der Waals surface area contributed by atoms with E-state index >= 15 is 0 Å². The molecular formula is C25H26F3N5O2. The fourth-order valence-corrected chi connectivity index (χ4v) is 5.22.